The molecule has 172 valence electrons. The first-order valence-electron chi connectivity index (χ1n) is 10.4. The Bertz CT molecular complexity index is 1370. The van der Waals surface area contributed by atoms with Gasteiger partial charge in [0.15, 0.2) is 11.5 Å². The maximum absolute atomic E-state index is 13.6. The molecule has 12 heteroatoms. The fraction of sp³-hybridized carbons (Fsp3) is 0.227. The molecule has 0 radical (unpaired) electrons. The van der Waals surface area contributed by atoms with Crippen LogP contribution in [0.5, 0.6) is 0 Å². The number of halogens is 3. The highest BCUT2D eigenvalue weighted by Gasteiger charge is 2.40. The number of carbonyl (C=O) groups excluding carboxylic acids is 1. The maximum Gasteiger partial charge on any atom is 0.433 e. The fourth-order valence-electron chi connectivity index (χ4n) is 3.98. The minimum atomic E-state index is -4.64. The Balaban J connectivity index is 1.53. The van der Waals surface area contributed by atoms with E-state index in [-0.39, 0.29) is 42.5 Å². The van der Waals surface area contributed by atoms with Crippen molar-refractivity contribution in [2.24, 2.45) is 0 Å². The number of anilines is 1. The zero-order valence-corrected chi connectivity index (χ0v) is 17.8. The predicted octanol–water partition coefficient (Wildman–Crippen LogP) is 3.53. The normalized spacial score (nSPS) is 13.8. The number of carbonyl (C=O) groups is 1. The van der Waals surface area contributed by atoms with Gasteiger partial charge in [-0.25, -0.2) is 15.1 Å². The lowest BCUT2D eigenvalue weighted by Crippen LogP contribution is -2.37. The molecule has 1 aliphatic heterocycles. The summed E-state index contributed by atoms with van der Waals surface area (Å²) in [7, 11) is 0. The smallest absolute Gasteiger partial charge is 0.290 e. The van der Waals surface area contributed by atoms with Gasteiger partial charge in [-0.3, -0.25) is 14.7 Å². The van der Waals surface area contributed by atoms with Crippen LogP contribution in [0.2, 0.25) is 0 Å². The van der Waals surface area contributed by atoms with E-state index in [1.807, 2.05) is 24.3 Å². The number of nitrogens with one attached hydrogen (secondary N) is 1. The molecule has 34 heavy (non-hydrogen) atoms. The molecule has 0 aliphatic carbocycles. The zero-order valence-electron chi connectivity index (χ0n) is 17.8. The van der Waals surface area contributed by atoms with Gasteiger partial charge in [0.05, 0.1) is 17.9 Å². The third-order valence-electron chi connectivity index (χ3n) is 5.44. The van der Waals surface area contributed by atoms with Gasteiger partial charge in [-0.2, -0.15) is 13.2 Å². The van der Waals surface area contributed by atoms with Gasteiger partial charge in [0.25, 0.3) is 0 Å². The van der Waals surface area contributed by atoms with E-state index in [1.54, 1.807) is 18.2 Å². The molecule has 0 atom stereocenters. The van der Waals surface area contributed by atoms with Crippen LogP contribution in [0.3, 0.4) is 0 Å². The number of nitrogens with zero attached hydrogens (tertiary/aromatic N) is 7. The van der Waals surface area contributed by atoms with Crippen LogP contribution in [0.15, 0.2) is 42.5 Å². The van der Waals surface area contributed by atoms with Gasteiger partial charge in [0.2, 0.25) is 5.91 Å². The molecular formula is C22H17F3N8O. The van der Waals surface area contributed by atoms with Crippen LogP contribution < -0.4 is 4.90 Å². The molecule has 0 bridgehead atoms. The lowest BCUT2D eigenvalue weighted by Gasteiger charge is -2.29. The Morgan fingerprint density at radius 1 is 1.00 bits per heavy atom. The number of tetrazole rings is 1. The largest absolute Gasteiger partial charge is 0.433 e. The molecule has 4 heterocycles. The number of H-pyrrole nitrogens is 1. The number of rotatable bonds is 4. The number of aromatic amines is 1. The number of benzene rings is 1. The minimum Gasteiger partial charge on any atom is -0.290 e. The van der Waals surface area contributed by atoms with E-state index in [2.05, 4.69) is 35.6 Å². The van der Waals surface area contributed by atoms with Crippen LogP contribution in [0.1, 0.15) is 29.2 Å². The highest BCUT2D eigenvalue weighted by atomic mass is 19.4. The second-order valence-electron chi connectivity index (χ2n) is 7.71. The second-order valence-corrected chi connectivity index (χ2v) is 7.71. The van der Waals surface area contributed by atoms with E-state index in [4.69, 9.17) is 0 Å². The Kier molecular flexibility index (Phi) is 5.27. The van der Waals surface area contributed by atoms with Crippen LogP contribution in [0, 0.1) is 6.92 Å². The third-order valence-corrected chi connectivity index (χ3v) is 5.44. The van der Waals surface area contributed by atoms with Crippen molar-refractivity contribution < 1.29 is 18.0 Å². The van der Waals surface area contributed by atoms with Crippen LogP contribution >= 0.6 is 0 Å². The summed E-state index contributed by atoms with van der Waals surface area (Å²) < 4.78 is 40.7. The summed E-state index contributed by atoms with van der Waals surface area (Å²) in [5.74, 6) is 0.0762. The van der Waals surface area contributed by atoms with Crippen molar-refractivity contribution in [1.29, 1.82) is 0 Å². The number of hydrogen-bond acceptors (Lipinski definition) is 7. The van der Waals surface area contributed by atoms with Crippen molar-refractivity contribution in [3.63, 3.8) is 0 Å². The first kappa shape index (κ1) is 21.6. The number of aryl methyl sites for hydroxylation is 1. The molecule has 0 saturated carbocycles. The SMILES string of the molecule is Cc1nc2c(c(C(F)(F)F)n1)CCC(=O)N2Cc1cccc(-c2ccccc2-c2nnn[nH]2)n1. The van der Waals surface area contributed by atoms with Gasteiger partial charge in [0, 0.05) is 23.1 Å². The van der Waals surface area contributed by atoms with Crippen LogP contribution in [0.4, 0.5) is 19.0 Å². The number of hydrogen-bond donors (Lipinski definition) is 1. The van der Waals surface area contributed by atoms with Crippen molar-refractivity contribution in [1.82, 2.24) is 35.6 Å². The van der Waals surface area contributed by atoms with E-state index in [0.29, 0.717) is 17.2 Å². The quantitative estimate of drug-likeness (QED) is 0.490. The Morgan fingerprint density at radius 3 is 2.53 bits per heavy atom. The number of fused-ring (bicyclic) bond motifs is 1. The maximum atomic E-state index is 13.6. The molecule has 0 fully saturated rings. The monoisotopic (exact) mass is 466 g/mol. The average Bonchev–Trinajstić information content (AvgIpc) is 3.35. The molecule has 3 aromatic heterocycles. The summed E-state index contributed by atoms with van der Waals surface area (Å²) in [4.78, 5) is 26.4. The Morgan fingerprint density at radius 2 is 1.79 bits per heavy atom. The first-order valence-corrected chi connectivity index (χ1v) is 10.4. The number of alkyl halides is 3. The summed E-state index contributed by atoms with van der Waals surface area (Å²) in [5.41, 5.74) is 1.51. The molecule has 0 saturated heterocycles. The van der Waals surface area contributed by atoms with Crippen LogP contribution in [0.25, 0.3) is 22.6 Å². The summed E-state index contributed by atoms with van der Waals surface area (Å²) in [5, 5.41) is 13.9. The first-order chi connectivity index (χ1) is 16.3. The Labute approximate surface area is 191 Å². The molecule has 0 spiro atoms. The summed E-state index contributed by atoms with van der Waals surface area (Å²) in [6.07, 6.45) is -4.77. The van der Waals surface area contributed by atoms with Crippen molar-refractivity contribution in [3.05, 3.63) is 65.2 Å². The van der Waals surface area contributed by atoms with Gasteiger partial charge in [-0.05, 0) is 35.9 Å². The van der Waals surface area contributed by atoms with E-state index in [1.165, 1.54) is 11.8 Å². The zero-order chi connectivity index (χ0) is 23.9. The molecule has 9 nitrogen and oxygen atoms in total. The van der Waals surface area contributed by atoms with E-state index >= 15 is 0 Å². The highest BCUT2D eigenvalue weighted by Crippen LogP contribution is 2.38. The summed E-state index contributed by atoms with van der Waals surface area (Å²) >= 11 is 0. The van der Waals surface area contributed by atoms with Crippen molar-refractivity contribution in [2.75, 3.05) is 4.90 Å². The molecule has 1 aromatic carbocycles. The molecular weight excluding hydrogens is 449 g/mol. The van der Waals surface area contributed by atoms with Crippen LogP contribution in [-0.4, -0.2) is 41.5 Å². The van der Waals surface area contributed by atoms with Gasteiger partial charge in [-0.1, -0.05) is 30.3 Å². The standard InChI is InChI=1S/C22H17F3N8O/c1-12-26-19(22(23,24)25)16-9-10-18(34)33(21(16)27-12)11-13-5-4-8-17(28-13)14-6-2-3-7-15(14)20-29-31-32-30-20/h2-8H,9-11H2,1H3,(H,29,30,31,32). The number of amides is 1. The molecule has 1 aliphatic rings. The average molecular weight is 466 g/mol. The molecule has 1 amide bonds. The van der Waals surface area contributed by atoms with Crippen molar-refractivity contribution in [3.8, 4) is 22.6 Å². The van der Waals surface area contributed by atoms with E-state index in [0.717, 1.165) is 11.1 Å². The number of pyridine rings is 1. The van der Waals surface area contributed by atoms with Crippen molar-refractivity contribution >= 4 is 11.7 Å². The summed E-state index contributed by atoms with van der Waals surface area (Å²) in [6.45, 7) is 1.35. The van der Waals surface area contributed by atoms with E-state index < -0.39 is 11.9 Å². The lowest BCUT2D eigenvalue weighted by molar-refractivity contribution is -0.142. The summed E-state index contributed by atoms with van der Waals surface area (Å²) in [6, 6.07) is 12.7. The molecule has 5 rings (SSSR count). The van der Waals surface area contributed by atoms with Gasteiger partial charge < -0.3 is 0 Å². The molecule has 0 unspecified atom stereocenters. The lowest BCUT2D eigenvalue weighted by atomic mass is 10.0. The van der Waals surface area contributed by atoms with E-state index in [9.17, 15) is 18.0 Å². The number of aromatic nitrogens is 7. The molecule has 4 aromatic rings. The van der Waals surface area contributed by atoms with Gasteiger partial charge >= 0.3 is 6.18 Å². The topological polar surface area (TPSA) is 113 Å². The van der Waals surface area contributed by atoms with Crippen molar-refractivity contribution in [2.45, 2.75) is 32.5 Å². The van der Waals surface area contributed by atoms with Crippen LogP contribution in [-0.2, 0) is 23.9 Å². The Hall–Kier alpha value is -4.22. The van der Waals surface area contributed by atoms with Gasteiger partial charge in [0.1, 0.15) is 11.6 Å². The van der Waals surface area contributed by atoms with Gasteiger partial charge in [-0.15, -0.1) is 5.10 Å². The minimum absolute atomic E-state index is 0.0172. The fourth-order valence-corrected chi connectivity index (χ4v) is 3.98. The second kappa shape index (κ2) is 8.28. The predicted molar refractivity (Wildman–Crippen MR) is 114 cm³/mol. The highest BCUT2D eigenvalue weighted by molar-refractivity contribution is 5.95. The third kappa shape index (κ3) is 3.98. The molecule has 1 N–H and O–H groups in total.